The number of Topliss-reactive ketones (excluding diaryl/α,β-unsaturated/α-hetero) is 1. The predicted octanol–water partition coefficient (Wildman–Crippen LogP) is 3.24. The third-order valence-corrected chi connectivity index (χ3v) is 4.42. The van der Waals surface area contributed by atoms with Crippen molar-refractivity contribution in [1.29, 1.82) is 0 Å². The Bertz CT molecular complexity index is 954. The van der Waals surface area contributed by atoms with Gasteiger partial charge in [0.05, 0.1) is 25.0 Å². The Balaban J connectivity index is 1.61. The number of esters is 1. The highest BCUT2D eigenvalue weighted by molar-refractivity contribution is 6.02. The normalized spacial score (nSPS) is 12.3. The van der Waals surface area contributed by atoms with Crippen molar-refractivity contribution < 1.29 is 33.3 Å². The van der Waals surface area contributed by atoms with Gasteiger partial charge >= 0.3 is 5.97 Å². The molecule has 0 radical (unpaired) electrons. The molecule has 1 aliphatic heterocycles. The van der Waals surface area contributed by atoms with Crippen molar-refractivity contribution in [3.63, 3.8) is 0 Å². The Kier molecular flexibility index (Phi) is 6.90. The molecule has 0 aromatic heterocycles. The molecule has 0 bridgehead atoms. The maximum Gasteiger partial charge on any atom is 0.338 e. The molecule has 0 unspecified atom stereocenters. The summed E-state index contributed by atoms with van der Waals surface area (Å²) in [6.07, 6.45) is 1.91. The molecule has 0 aliphatic carbocycles. The summed E-state index contributed by atoms with van der Waals surface area (Å²) < 4.78 is 21.3. The average Bonchev–Trinajstić information content (AvgIpc) is 2.76. The van der Waals surface area contributed by atoms with Gasteiger partial charge in [-0.05, 0) is 42.8 Å². The minimum Gasteiger partial charge on any atom is -0.493 e. The number of carbonyl (C=O) groups excluding carboxylic acids is 3. The van der Waals surface area contributed by atoms with Gasteiger partial charge < -0.3 is 24.3 Å². The van der Waals surface area contributed by atoms with Crippen LogP contribution >= 0.6 is 0 Å². The molecule has 8 nitrogen and oxygen atoms in total. The van der Waals surface area contributed by atoms with Crippen molar-refractivity contribution in [2.75, 3.05) is 32.2 Å². The van der Waals surface area contributed by atoms with Crippen LogP contribution in [0.3, 0.4) is 0 Å². The topological polar surface area (TPSA) is 100 Å². The Morgan fingerprint density at radius 1 is 1.10 bits per heavy atom. The molecule has 8 heteroatoms. The molecule has 2 aromatic rings. The van der Waals surface area contributed by atoms with Gasteiger partial charge in [0.15, 0.2) is 30.5 Å². The maximum atomic E-state index is 12.4. The SMILES string of the molecule is CCCCOc1ccc(C(=O)OCC(=O)c2ccc3c(c2)NC(=O)CO3)cc1OC. The first-order valence-corrected chi connectivity index (χ1v) is 9.59. The largest absolute Gasteiger partial charge is 0.493 e. The third kappa shape index (κ3) is 5.08. The zero-order chi connectivity index (χ0) is 21.5. The summed E-state index contributed by atoms with van der Waals surface area (Å²) in [5, 5.41) is 2.63. The molecule has 0 spiro atoms. The Labute approximate surface area is 174 Å². The predicted molar refractivity (Wildman–Crippen MR) is 109 cm³/mol. The van der Waals surface area contributed by atoms with Crippen LogP contribution in [-0.4, -0.2) is 44.6 Å². The average molecular weight is 413 g/mol. The number of rotatable bonds is 9. The lowest BCUT2D eigenvalue weighted by Crippen LogP contribution is -2.25. The number of fused-ring (bicyclic) bond motifs is 1. The lowest BCUT2D eigenvalue weighted by Gasteiger charge is -2.18. The number of unbranched alkanes of at least 4 members (excludes halogenated alkanes) is 1. The second kappa shape index (κ2) is 9.78. The van der Waals surface area contributed by atoms with Crippen LogP contribution in [0.2, 0.25) is 0 Å². The first kappa shape index (κ1) is 21.2. The van der Waals surface area contributed by atoms with Crippen molar-refractivity contribution in [1.82, 2.24) is 0 Å². The molecule has 1 aliphatic rings. The summed E-state index contributed by atoms with van der Waals surface area (Å²) in [4.78, 5) is 36.2. The van der Waals surface area contributed by atoms with Gasteiger partial charge in [0.2, 0.25) is 0 Å². The summed E-state index contributed by atoms with van der Waals surface area (Å²) >= 11 is 0. The monoisotopic (exact) mass is 413 g/mol. The maximum absolute atomic E-state index is 12.4. The summed E-state index contributed by atoms with van der Waals surface area (Å²) in [5.41, 5.74) is 0.949. The van der Waals surface area contributed by atoms with Gasteiger partial charge in [0.1, 0.15) is 5.75 Å². The molecule has 1 amide bonds. The highest BCUT2D eigenvalue weighted by Gasteiger charge is 2.19. The molecule has 0 saturated heterocycles. The second-order valence-electron chi connectivity index (χ2n) is 6.61. The number of hydrogen-bond donors (Lipinski definition) is 1. The molecule has 1 N–H and O–H groups in total. The lowest BCUT2D eigenvalue weighted by molar-refractivity contribution is -0.118. The van der Waals surface area contributed by atoms with Crippen LogP contribution in [0.5, 0.6) is 17.2 Å². The van der Waals surface area contributed by atoms with E-state index < -0.39 is 18.4 Å². The molecule has 2 aromatic carbocycles. The van der Waals surface area contributed by atoms with E-state index in [9.17, 15) is 14.4 Å². The van der Waals surface area contributed by atoms with Gasteiger partial charge in [0, 0.05) is 5.56 Å². The van der Waals surface area contributed by atoms with Crippen LogP contribution in [0.4, 0.5) is 5.69 Å². The fourth-order valence-electron chi connectivity index (χ4n) is 2.79. The number of ketones is 1. The number of amides is 1. The first-order valence-electron chi connectivity index (χ1n) is 9.59. The molecule has 158 valence electrons. The van der Waals surface area contributed by atoms with E-state index in [1.807, 2.05) is 0 Å². The molecular weight excluding hydrogens is 390 g/mol. The fraction of sp³-hybridized carbons (Fsp3) is 0.318. The van der Waals surface area contributed by atoms with Crippen LogP contribution < -0.4 is 19.5 Å². The Morgan fingerprint density at radius 2 is 1.90 bits per heavy atom. The molecule has 0 saturated carbocycles. The zero-order valence-corrected chi connectivity index (χ0v) is 16.9. The van der Waals surface area contributed by atoms with Crippen LogP contribution in [0.1, 0.15) is 40.5 Å². The molecular formula is C22H23NO7. The smallest absolute Gasteiger partial charge is 0.338 e. The van der Waals surface area contributed by atoms with Crippen LogP contribution in [0.25, 0.3) is 0 Å². The number of anilines is 1. The van der Waals surface area contributed by atoms with Gasteiger partial charge in [-0.2, -0.15) is 0 Å². The van der Waals surface area contributed by atoms with Crippen LogP contribution in [0, 0.1) is 0 Å². The van der Waals surface area contributed by atoms with Gasteiger partial charge in [-0.1, -0.05) is 13.3 Å². The molecule has 0 atom stereocenters. The molecule has 3 rings (SSSR count). The minimum absolute atomic E-state index is 0.0657. The van der Waals surface area contributed by atoms with E-state index in [-0.39, 0.29) is 18.1 Å². The van der Waals surface area contributed by atoms with E-state index in [1.165, 1.54) is 19.2 Å². The number of methoxy groups -OCH3 is 1. The fourth-order valence-corrected chi connectivity index (χ4v) is 2.79. The minimum atomic E-state index is -0.656. The summed E-state index contributed by atoms with van der Waals surface area (Å²) in [6, 6.07) is 9.35. The van der Waals surface area contributed by atoms with Gasteiger partial charge in [-0.25, -0.2) is 4.79 Å². The summed E-state index contributed by atoms with van der Waals surface area (Å²) in [6.45, 7) is 2.11. The van der Waals surface area contributed by atoms with Crippen LogP contribution in [-0.2, 0) is 9.53 Å². The number of nitrogens with one attached hydrogen (secondary N) is 1. The molecule has 0 fully saturated rings. The van der Waals surface area contributed by atoms with E-state index >= 15 is 0 Å². The van der Waals surface area contributed by atoms with E-state index in [0.29, 0.717) is 35.1 Å². The second-order valence-corrected chi connectivity index (χ2v) is 6.61. The van der Waals surface area contributed by atoms with Gasteiger partial charge in [-0.3, -0.25) is 9.59 Å². The third-order valence-electron chi connectivity index (χ3n) is 4.42. The van der Waals surface area contributed by atoms with Crippen molar-refractivity contribution in [3.8, 4) is 17.2 Å². The summed E-state index contributed by atoms with van der Waals surface area (Å²) in [5.74, 6) is 0.0779. The van der Waals surface area contributed by atoms with E-state index in [2.05, 4.69) is 12.2 Å². The number of ether oxygens (including phenoxy) is 4. The van der Waals surface area contributed by atoms with E-state index in [1.54, 1.807) is 24.3 Å². The highest BCUT2D eigenvalue weighted by atomic mass is 16.5. The van der Waals surface area contributed by atoms with Crippen LogP contribution in [0.15, 0.2) is 36.4 Å². The van der Waals surface area contributed by atoms with Gasteiger partial charge in [0.25, 0.3) is 5.91 Å². The Hall–Kier alpha value is -3.55. The van der Waals surface area contributed by atoms with Crippen molar-refractivity contribution in [2.45, 2.75) is 19.8 Å². The standard InChI is InChI=1S/C22H23NO7/c1-3-4-9-28-19-8-6-15(11-20(19)27-2)22(26)30-12-17(24)14-5-7-18-16(10-14)23-21(25)13-29-18/h5-8,10-11H,3-4,9,12-13H2,1-2H3,(H,23,25). The first-order chi connectivity index (χ1) is 14.5. The zero-order valence-electron chi connectivity index (χ0n) is 16.9. The van der Waals surface area contributed by atoms with E-state index in [4.69, 9.17) is 18.9 Å². The molecule has 30 heavy (non-hydrogen) atoms. The highest BCUT2D eigenvalue weighted by Crippen LogP contribution is 2.30. The van der Waals surface area contributed by atoms with E-state index in [0.717, 1.165) is 12.8 Å². The lowest BCUT2D eigenvalue weighted by atomic mass is 10.1. The van der Waals surface area contributed by atoms with Crippen molar-refractivity contribution in [2.24, 2.45) is 0 Å². The quantitative estimate of drug-likeness (QED) is 0.383. The Morgan fingerprint density at radius 3 is 2.67 bits per heavy atom. The summed E-state index contributed by atoms with van der Waals surface area (Å²) in [7, 11) is 1.49. The van der Waals surface area contributed by atoms with Crippen molar-refractivity contribution in [3.05, 3.63) is 47.5 Å². The number of carbonyl (C=O) groups is 3. The van der Waals surface area contributed by atoms with Gasteiger partial charge in [-0.15, -0.1) is 0 Å². The number of benzene rings is 2. The van der Waals surface area contributed by atoms with Crippen molar-refractivity contribution >= 4 is 23.3 Å². The molecule has 1 heterocycles. The number of hydrogen-bond acceptors (Lipinski definition) is 7.